The molecule has 0 spiro atoms. The average Bonchev–Trinajstić information content (AvgIpc) is 1.93. The van der Waals surface area contributed by atoms with Gasteiger partial charge in [0.2, 0.25) is 0 Å². The Balaban J connectivity index is -0.000000109. The predicted octanol–water partition coefficient (Wildman–Crippen LogP) is 2.24. The Bertz CT molecular complexity index is 62.6. The van der Waals surface area contributed by atoms with Gasteiger partial charge in [-0.05, 0) is 14.0 Å². The first-order valence-corrected chi connectivity index (χ1v) is 4.33. The van der Waals surface area contributed by atoms with Crippen molar-refractivity contribution >= 4 is 5.78 Å². The van der Waals surface area contributed by atoms with Crippen molar-refractivity contribution in [3.8, 4) is 0 Å². The van der Waals surface area contributed by atoms with Crippen molar-refractivity contribution in [3.05, 3.63) is 0 Å². The van der Waals surface area contributed by atoms with Gasteiger partial charge in [-0.15, -0.1) is 0 Å². The predicted molar refractivity (Wildman–Crippen MR) is 51.9 cm³/mol. The molecular weight excluding hydrogens is 138 g/mol. The van der Waals surface area contributed by atoms with Crippen molar-refractivity contribution in [2.24, 2.45) is 0 Å². The normalized spacial score (nSPS) is 6.73. The van der Waals surface area contributed by atoms with Gasteiger partial charge in [-0.1, -0.05) is 34.1 Å². The van der Waals surface area contributed by atoms with Crippen LogP contribution in [0.4, 0.5) is 0 Å². The summed E-state index contributed by atoms with van der Waals surface area (Å²) in [7, 11) is 1.75. The quantitative estimate of drug-likeness (QED) is 0.673. The number of carbonyl (C=O) groups excluding carboxylic acids is 1. The van der Waals surface area contributed by atoms with Gasteiger partial charge in [0.15, 0.2) is 0 Å². The third kappa shape index (κ3) is 81.1. The number of ketones is 1. The minimum atomic E-state index is 0.178. The molecule has 0 aromatic carbocycles. The highest BCUT2D eigenvalue weighted by Gasteiger charge is 1.82. The molecule has 2 heteroatoms. The van der Waals surface area contributed by atoms with E-state index >= 15 is 0 Å². The van der Waals surface area contributed by atoms with Gasteiger partial charge in [0, 0.05) is 0 Å². The molecule has 0 saturated heterocycles. The fraction of sp³-hybridized carbons (Fsp3) is 0.889. The van der Waals surface area contributed by atoms with Crippen molar-refractivity contribution in [1.82, 2.24) is 5.32 Å². The van der Waals surface area contributed by atoms with Crippen molar-refractivity contribution < 1.29 is 4.79 Å². The molecule has 0 radical (unpaired) electrons. The second-order valence-electron chi connectivity index (χ2n) is 1.94. The van der Waals surface area contributed by atoms with Gasteiger partial charge in [0.25, 0.3) is 0 Å². The number of hydrogen-bond acceptors (Lipinski definition) is 2. The van der Waals surface area contributed by atoms with Crippen molar-refractivity contribution in [2.45, 2.75) is 41.0 Å². The molecule has 0 bridgehead atoms. The molecule has 0 aliphatic rings. The lowest BCUT2D eigenvalue weighted by Crippen LogP contribution is -2.14. The number of carbonyl (C=O) groups is 1. The molecular formula is C9H23NO. The zero-order chi connectivity index (χ0) is 9.70. The molecule has 0 rings (SSSR count). The highest BCUT2D eigenvalue weighted by atomic mass is 16.1. The fourth-order valence-electron chi connectivity index (χ4n) is 0.249. The van der Waals surface area contributed by atoms with E-state index in [4.69, 9.17) is 0 Å². The number of likely N-dealkylation sites (N-methyl/N-ethyl adjacent to an activating group) is 1. The molecule has 0 aromatic heterocycles. The van der Waals surface area contributed by atoms with Crippen molar-refractivity contribution in [3.63, 3.8) is 0 Å². The standard InChI is InChI=1S/C4H9NO.C3H8.C2H6/c1-4(6)3-5-2;1-3-2;1-2/h5H,3H2,1-2H3;3H2,1-2H3;1-2H3. The largest absolute Gasteiger partial charge is 0.313 e. The molecule has 11 heavy (non-hydrogen) atoms. The summed E-state index contributed by atoms with van der Waals surface area (Å²) in [4.78, 5) is 9.98. The van der Waals surface area contributed by atoms with Gasteiger partial charge < -0.3 is 5.32 Å². The molecule has 0 atom stereocenters. The summed E-state index contributed by atoms with van der Waals surface area (Å²) in [5.74, 6) is 0.178. The summed E-state index contributed by atoms with van der Waals surface area (Å²) in [6, 6.07) is 0. The molecule has 0 aliphatic heterocycles. The van der Waals surface area contributed by atoms with Gasteiger partial charge in [0.1, 0.15) is 5.78 Å². The number of rotatable bonds is 2. The van der Waals surface area contributed by atoms with Crippen LogP contribution in [-0.4, -0.2) is 19.4 Å². The fourth-order valence-corrected chi connectivity index (χ4v) is 0.249. The summed E-state index contributed by atoms with van der Waals surface area (Å²) < 4.78 is 0. The van der Waals surface area contributed by atoms with Crippen LogP contribution in [0.1, 0.15) is 41.0 Å². The smallest absolute Gasteiger partial charge is 0.143 e. The first-order valence-electron chi connectivity index (χ1n) is 4.33. The van der Waals surface area contributed by atoms with Crippen LogP contribution in [-0.2, 0) is 4.79 Å². The lowest BCUT2D eigenvalue weighted by molar-refractivity contribution is -0.116. The van der Waals surface area contributed by atoms with Gasteiger partial charge in [0.05, 0.1) is 6.54 Å². The van der Waals surface area contributed by atoms with Crippen LogP contribution < -0.4 is 5.32 Å². The minimum absolute atomic E-state index is 0.178. The first-order chi connectivity index (χ1) is 5.18. The van der Waals surface area contributed by atoms with Gasteiger partial charge in [-0.25, -0.2) is 0 Å². The van der Waals surface area contributed by atoms with Gasteiger partial charge >= 0.3 is 0 Å². The number of hydrogen-bond donors (Lipinski definition) is 1. The van der Waals surface area contributed by atoms with Crippen LogP contribution in [0.2, 0.25) is 0 Å². The lowest BCUT2D eigenvalue weighted by atomic mass is 10.5. The summed E-state index contributed by atoms with van der Waals surface area (Å²) in [5, 5.41) is 2.72. The monoisotopic (exact) mass is 161 g/mol. The van der Waals surface area contributed by atoms with E-state index in [1.807, 2.05) is 13.8 Å². The van der Waals surface area contributed by atoms with E-state index < -0.39 is 0 Å². The maximum Gasteiger partial charge on any atom is 0.143 e. The van der Waals surface area contributed by atoms with Crippen LogP contribution in [0.3, 0.4) is 0 Å². The van der Waals surface area contributed by atoms with E-state index in [0.717, 1.165) is 0 Å². The molecule has 2 nitrogen and oxygen atoms in total. The Labute approximate surface area is 71.4 Å². The Kier molecular flexibility index (Phi) is 34.8. The van der Waals surface area contributed by atoms with Crippen LogP contribution in [0, 0.1) is 0 Å². The molecule has 0 amide bonds. The summed E-state index contributed by atoms with van der Waals surface area (Å²) in [6.07, 6.45) is 1.25. The molecule has 0 saturated carbocycles. The van der Waals surface area contributed by atoms with E-state index in [0.29, 0.717) is 6.54 Å². The number of nitrogens with one attached hydrogen (secondary N) is 1. The Morgan fingerprint density at radius 1 is 1.27 bits per heavy atom. The third-order valence-electron chi connectivity index (χ3n) is 0.426. The highest BCUT2D eigenvalue weighted by Crippen LogP contribution is 1.57. The molecule has 0 heterocycles. The van der Waals surface area contributed by atoms with Crippen molar-refractivity contribution in [2.75, 3.05) is 13.6 Å². The van der Waals surface area contributed by atoms with Gasteiger partial charge in [-0.2, -0.15) is 0 Å². The second kappa shape index (κ2) is 22.6. The van der Waals surface area contributed by atoms with E-state index in [1.54, 1.807) is 14.0 Å². The molecule has 0 aliphatic carbocycles. The zero-order valence-corrected chi connectivity index (χ0v) is 8.82. The Hall–Kier alpha value is -0.370. The maximum atomic E-state index is 9.98. The topological polar surface area (TPSA) is 29.1 Å². The van der Waals surface area contributed by atoms with E-state index in [2.05, 4.69) is 19.2 Å². The summed E-state index contributed by atoms with van der Waals surface area (Å²) in [5.41, 5.74) is 0. The third-order valence-corrected chi connectivity index (χ3v) is 0.426. The summed E-state index contributed by atoms with van der Waals surface area (Å²) in [6.45, 7) is 10.3. The van der Waals surface area contributed by atoms with Crippen LogP contribution in [0.15, 0.2) is 0 Å². The second-order valence-corrected chi connectivity index (χ2v) is 1.94. The minimum Gasteiger partial charge on any atom is -0.313 e. The molecule has 70 valence electrons. The first kappa shape index (κ1) is 16.9. The number of Topliss-reactive ketones (excluding diaryl/α,β-unsaturated/α-hetero) is 1. The summed E-state index contributed by atoms with van der Waals surface area (Å²) >= 11 is 0. The molecule has 0 unspecified atom stereocenters. The average molecular weight is 161 g/mol. The van der Waals surface area contributed by atoms with E-state index in [-0.39, 0.29) is 5.78 Å². The molecule has 1 N–H and O–H groups in total. The van der Waals surface area contributed by atoms with E-state index in [9.17, 15) is 4.79 Å². The van der Waals surface area contributed by atoms with Crippen molar-refractivity contribution in [1.29, 1.82) is 0 Å². The van der Waals surface area contributed by atoms with E-state index in [1.165, 1.54) is 6.42 Å². The zero-order valence-electron chi connectivity index (χ0n) is 8.82. The Morgan fingerprint density at radius 3 is 1.55 bits per heavy atom. The molecule has 0 aromatic rings. The van der Waals surface area contributed by atoms with Gasteiger partial charge in [-0.3, -0.25) is 4.79 Å². The van der Waals surface area contributed by atoms with Crippen LogP contribution in [0.25, 0.3) is 0 Å². The van der Waals surface area contributed by atoms with Crippen LogP contribution in [0.5, 0.6) is 0 Å². The SMILES string of the molecule is CC.CCC.CNCC(C)=O. The Morgan fingerprint density at radius 2 is 1.55 bits per heavy atom. The highest BCUT2D eigenvalue weighted by molar-refractivity contribution is 5.77. The van der Waals surface area contributed by atoms with Crippen LogP contribution >= 0.6 is 0 Å². The maximum absolute atomic E-state index is 9.98. The lowest BCUT2D eigenvalue weighted by Gasteiger charge is -1.85. The molecule has 0 fully saturated rings.